The van der Waals surface area contributed by atoms with Crippen LogP contribution in [-0.4, -0.2) is 28.0 Å². The molecule has 0 aliphatic rings. The molecule has 0 fully saturated rings. The van der Waals surface area contributed by atoms with Crippen LogP contribution in [0.2, 0.25) is 0 Å². The van der Waals surface area contributed by atoms with Crippen LogP contribution in [0.15, 0.2) is 77.7 Å². The molecule has 3 aromatic carbocycles. The molecule has 7 heteroatoms. The second-order valence-corrected chi connectivity index (χ2v) is 8.47. The Hall–Kier alpha value is -3.32. The minimum Gasteiger partial charge on any atom is -0.497 e. The van der Waals surface area contributed by atoms with Gasteiger partial charge < -0.3 is 9.47 Å². The summed E-state index contributed by atoms with van der Waals surface area (Å²) in [6.07, 6.45) is 0. The smallest absolute Gasteiger partial charge is 0.278 e. The number of carbonyl (C=O) groups is 1. The van der Waals surface area contributed by atoms with Gasteiger partial charge in [0, 0.05) is 0 Å². The Morgan fingerprint density at radius 2 is 1.47 bits per heavy atom. The molecule has 0 unspecified atom stereocenters. The van der Waals surface area contributed by atoms with Crippen molar-refractivity contribution in [1.29, 1.82) is 0 Å². The van der Waals surface area contributed by atoms with E-state index in [1.165, 1.54) is 31.4 Å². The number of aryl methyl sites for hydroxylation is 2. The van der Waals surface area contributed by atoms with Crippen molar-refractivity contribution < 1.29 is 22.7 Å². The van der Waals surface area contributed by atoms with Crippen LogP contribution in [0.1, 0.15) is 11.1 Å². The first-order valence-corrected chi connectivity index (χ1v) is 10.7. The van der Waals surface area contributed by atoms with Crippen molar-refractivity contribution in [3.8, 4) is 11.5 Å². The van der Waals surface area contributed by atoms with Gasteiger partial charge in [0.15, 0.2) is 6.61 Å². The van der Waals surface area contributed by atoms with Crippen LogP contribution in [0, 0.1) is 13.8 Å². The molecule has 0 saturated carbocycles. The molecule has 0 heterocycles. The lowest BCUT2D eigenvalue weighted by molar-refractivity contribution is -0.119. The highest BCUT2D eigenvalue weighted by atomic mass is 32.2. The van der Waals surface area contributed by atoms with E-state index in [1.807, 2.05) is 32.0 Å². The van der Waals surface area contributed by atoms with Crippen molar-refractivity contribution in [3.63, 3.8) is 0 Å². The molecule has 0 aliphatic heterocycles. The number of methoxy groups -OCH3 is 1. The topological polar surface area (TPSA) is 72.9 Å². The van der Waals surface area contributed by atoms with Gasteiger partial charge in [-0.15, -0.1) is 0 Å². The molecule has 0 spiro atoms. The summed E-state index contributed by atoms with van der Waals surface area (Å²) in [7, 11) is -2.62. The maximum absolute atomic E-state index is 13.3. The molecule has 6 nitrogen and oxygen atoms in total. The summed E-state index contributed by atoms with van der Waals surface area (Å²) in [6.45, 7) is 3.31. The Morgan fingerprint density at radius 1 is 0.867 bits per heavy atom. The van der Waals surface area contributed by atoms with E-state index in [9.17, 15) is 13.2 Å². The summed E-state index contributed by atoms with van der Waals surface area (Å²) < 4.78 is 38.2. The standard InChI is InChI=1S/C23H23NO5S/c1-17-8-7-9-18(2)23(17)29-16-22(25)24(19-12-14-20(28-3)15-13-19)30(26,27)21-10-5-4-6-11-21/h4-15H,16H2,1-3H3. The molecule has 30 heavy (non-hydrogen) atoms. The number of ether oxygens (including phenoxy) is 2. The van der Waals surface area contributed by atoms with E-state index in [2.05, 4.69) is 0 Å². The molecule has 0 radical (unpaired) electrons. The van der Waals surface area contributed by atoms with Gasteiger partial charge in [-0.05, 0) is 61.4 Å². The number of para-hydroxylation sites is 1. The van der Waals surface area contributed by atoms with Crippen molar-refractivity contribution in [2.24, 2.45) is 0 Å². The fourth-order valence-electron chi connectivity index (χ4n) is 3.05. The molecule has 0 bridgehead atoms. The van der Waals surface area contributed by atoms with Gasteiger partial charge in [-0.3, -0.25) is 4.79 Å². The van der Waals surface area contributed by atoms with Crippen LogP contribution in [0.3, 0.4) is 0 Å². The second kappa shape index (κ2) is 9.00. The number of rotatable bonds is 7. The van der Waals surface area contributed by atoms with Crippen LogP contribution in [0.25, 0.3) is 0 Å². The summed E-state index contributed by atoms with van der Waals surface area (Å²) in [5.41, 5.74) is 1.93. The van der Waals surface area contributed by atoms with Crippen molar-refractivity contribution >= 4 is 21.6 Å². The van der Waals surface area contributed by atoms with E-state index in [0.717, 1.165) is 15.4 Å². The first-order chi connectivity index (χ1) is 14.3. The number of carbonyl (C=O) groups excluding carboxylic acids is 1. The SMILES string of the molecule is COc1ccc(N(C(=O)COc2c(C)cccc2C)S(=O)(=O)c2ccccc2)cc1. The van der Waals surface area contributed by atoms with Crippen molar-refractivity contribution in [1.82, 2.24) is 0 Å². The fourth-order valence-corrected chi connectivity index (χ4v) is 4.48. The Labute approximate surface area is 176 Å². The van der Waals surface area contributed by atoms with Gasteiger partial charge in [-0.1, -0.05) is 36.4 Å². The zero-order chi connectivity index (χ0) is 21.7. The third-order valence-electron chi connectivity index (χ3n) is 4.56. The van der Waals surface area contributed by atoms with E-state index in [0.29, 0.717) is 11.5 Å². The normalized spacial score (nSPS) is 11.0. The van der Waals surface area contributed by atoms with Crippen LogP contribution < -0.4 is 13.8 Å². The number of sulfonamides is 1. The predicted octanol–water partition coefficient (Wildman–Crippen LogP) is 4.11. The van der Waals surface area contributed by atoms with Gasteiger partial charge in [0.25, 0.3) is 15.9 Å². The third kappa shape index (κ3) is 4.46. The molecule has 0 aromatic heterocycles. The van der Waals surface area contributed by atoms with E-state index in [-0.39, 0.29) is 10.6 Å². The van der Waals surface area contributed by atoms with Gasteiger partial charge in [0.2, 0.25) is 0 Å². The van der Waals surface area contributed by atoms with Gasteiger partial charge in [-0.2, -0.15) is 4.31 Å². The summed E-state index contributed by atoms with van der Waals surface area (Å²) in [4.78, 5) is 13.1. The van der Waals surface area contributed by atoms with Crippen LogP contribution in [0.4, 0.5) is 5.69 Å². The molecular formula is C23H23NO5S. The summed E-state index contributed by atoms with van der Waals surface area (Å²) in [5.74, 6) is 0.416. The minimum absolute atomic E-state index is 0.0150. The Kier molecular flexibility index (Phi) is 6.42. The summed E-state index contributed by atoms with van der Waals surface area (Å²) in [5, 5.41) is 0. The Balaban J connectivity index is 1.97. The van der Waals surface area contributed by atoms with Gasteiger partial charge in [0.1, 0.15) is 11.5 Å². The van der Waals surface area contributed by atoms with Crippen molar-refractivity contribution in [2.45, 2.75) is 18.7 Å². The lowest BCUT2D eigenvalue weighted by atomic mass is 10.1. The monoisotopic (exact) mass is 425 g/mol. The minimum atomic E-state index is -4.13. The number of amides is 1. The molecule has 0 saturated heterocycles. The highest BCUT2D eigenvalue weighted by Gasteiger charge is 2.31. The first kappa shape index (κ1) is 21.4. The zero-order valence-corrected chi connectivity index (χ0v) is 17.8. The highest BCUT2D eigenvalue weighted by Crippen LogP contribution is 2.27. The molecule has 3 rings (SSSR count). The van der Waals surface area contributed by atoms with Gasteiger partial charge in [-0.25, -0.2) is 8.42 Å². The lowest BCUT2D eigenvalue weighted by Crippen LogP contribution is -2.40. The predicted molar refractivity (Wildman–Crippen MR) is 116 cm³/mol. The van der Waals surface area contributed by atoms with Crippen molar-refractivity contribution in [3.05, 3.63) is 83.9 Å². The largest absolute Gasteiger partial charge is 0.497 e. The third-order valence-corrected chi connectivity index (χ3v) is 6.33. The summed E-state index contributed by atoms with van der Waals surface area (Å²) in [6, 6.07) is 19.7. The molecule has 0 aliphatic carbocycles. The van der Waals surface area contributed by atoms with E-state index < -0.39 is 22.5 Å². The quantitative estimate of drug-likeness (QED) is 0.570. The zero-order valence-electron chi connectivity index (χ0n) is 17.0. The Bertz CT molecular complexity index is 1110. The molecular weight excluding hydrogens is 402 g/mol. The average Bonchev–Trinajstić information content (AvgIpc) is 2.74. The van der Waals surface area contributed by atoms with Crippen LogP contribution in [0.5, 0.6) is 11.5 Å². The maximum Gasteiger partial charge on any atom is 0.278 e. The number of nitrogens with zero attached hydrogens (tertiary/aromatic N) is 1. The maximum atomic E-state index is 13.3. The Morgan fingerprint density at radius 3 is 2.03 bits per heavy atom. The number of benzene rings is 3. The number of anilines is 1. The van der Waals surface area contributed by atoms with E-state index >= 15 is 0 Å². The molecule has 0 atom stereocenters. The van der Waals surface area contributed by atoms with Gasteiger partial charge >= 0.3 is 0 Å². The van der Waals surface area contributed by atoms with Crippen molar-refractivity contribution in [2.75, 3.05) is 18.0 Å². The second-order valence-electron chi connectivity index (χ2n) is 6.68. The number of hydrogen-bond acceptors (Lipinski definition) is 5. The fraction of sp³-hybridized carbons (Fsp3) is 0.174. The van der Waals surface area contributed by atoms with Crippen LogP contribution >= 0.6 is 0 Å². The van der Waals surface area contributed by atoms with Gasteiger partial charge in [0.05, 0.1) is 17.7 Å². The van der Waals surface area contributed by atoms with E-state index in [4.69, 9.17) is 9.47 Å². The highest BCUT2D eigenvalue weighted by molar-refractivity contribution is 7.93. The molecule has 1 amide bonds. The van der Waals surface area contributed by atoms with Crippen LogP contribution in [-0.2, 0) is 14.8 Å². The molecule has 156 valence electrons. The lowest BCUT2D eigenvalue weighted by Gasteiger charge is -2.23. The molecule has 0 N–H and O–H groups in total. The first-order valence-electron chi connectivity index (χ1n) is 9.31. The number of hydrogen-bond donors (Lipinski definition) is 0. The average molecular weight is 426 g/mol. The molecule has 3 aromatic rings. The summed E-state index contributed by atoms with van der Waals surface area (Å²) >= 11 is 0. The van der Waals surface area contributed by atoms with E-state index in [1.54, 1.807) is 30.3 Å².